The molecule has 3 aromatic rings. The summed E-state index contributed by atoms with van der Waals surface area (Å²) in [5.74, 6) is 0.798. The van der Waals surface area contributed by atoms with Crippen molar-refractivity contribution in [2.24, 2.45) is 0 Å². The highest BCUT2D eigenvalue weighted by atomic mass is 32.1. The van der Waals surface area contributed by atoms with E-state index >= 15 is 0 Å². The molecule has 1 unspecified atom stereocenters. The van der Waals surface area contributed by atoms with Crippen LogP contribution in [0.25, 0.3) is 5.82 Å². The Morgan fingerprint density at radius 1 is 1.25 bits per heavy atom. The van der Waals surface area contributed by atoms with Crippen molar-refractivity contribution < 1.29 is 0 Å². The maximum absolute atomic E-state index is 4.40. The number of nitrogens with zero attached hydrogens (tertiary/aromatic N) is 4. The van der Waals surface area contributed by atoms with Crippen molar-refractivity contribution in [2.75, 3.05) is 5.32 Å². The van der Waals surface area contributed by atoms with Gasteiger partial charge in [-0.05, 0) is 32.0 Å². The molecule has 0 amide bonds. The highest BCUT2D eigenvalue weighted by Crippen LogP contribution is 2.27. The molecule has 0 aliphatic carbocycles. The van der Waals surface area contributed by atoms with E-state index in [-0.39, 0.29) is 6.04 Å². The topological polar surface area (TPSA) is 55.6 Å². The van der Waals surface area contributed by atoms with Gasteiger partial charge in [-0.2, -0.15) is 5.10 Å². The number of aromatic nitrogens is 4. The van der Waals surface area contributed by atoms with Crippen molar-refractivity contribution in [3.05, 3.63) is 52.9 Å². The summed E-state index contributed by atoms with van der Waals surface area (Å²) in [7, 11) is 0. The number of aryl methyl sites for hydroxylation is 1. The van der Waals surface area contributed by atoms with Crippen LogP contribution in [0, 0.1) is 6.92 Å². The van der Waals surface area contributed by atoms with Crippen LogP contribution in [0.1, 0.15) is 23.5 Å². The molecule has 3 aromatic heterocycles. The monoisotopic (exact) mass is 285 g/mol. The Balaban J connectivity index is 1.90. The smallest absolute Gasteiger partial charge is 0.176 e. The molecule has 0 bridgehead atoms. The summed E-state index contributed by atoms with van der Waals surface area (Å²) >= 11 is 1.66. The van der Waals surface area contributed by atoms with E-state index in [0.29, 0.717) is 0 Å². The molecule has 1 atom stereocenters. The van der Waals surface area contributed by atoms with Crippen LogP contribution in [0.3, 0.4) is 0 Å². The normalized spacial score (nSPS) is 12.3. The molecule has 102 valence electrons. The van der Waals surface area contributed by atoms with Gasteiger partial charge in [-0.15, -0.1) is 11.3 Å². The largest absolute Gasteiger partial charge is 0.375 e. The SMILES string of the molecule is Cc1ncsc1C(C)Nc1cccnc1-n1cccn1. The van der Waals surface area contributed by atoms with Gasteiger partial charge in [-0.3, -0.25) is 0 Å². The average Bonchev–Trinajstić information content (AvgIpc) is 3.10. The van der Waals surface area contributed by atoms with Crippen molar-refractivity contribution in [3.63, 3.8) is 0 Å². The fraction of sp³-hybridized carbons (Fsp3) is 0.214. The van der Waals surface area contributed by atoms with E-state index < -0.39 is 0 Å². The van der Waals surface area contributed by atoms with Gasteiger partial charge in [0.05, 0.1) is 22.9 Å². The summed E-state index contributed by atoms with van der Waals surface area (Å²) in [5, 5.41) is 7.73. The maximum Gasteiger partial charge on any atom is 0.176 e. The molecule has 0 saturated heterocycles. The molecule has 3 heterocycles. The van der Waals surface area contributed by atoms with Crippen LogP contribution in [0.4, 0.5) is 5.69 Å². The predicted molar refractivity (Wildman–Crippen MR) is 80.2 cm³/mol. The highest BCUT2D eigenvalue weighted by Gasteiger charge is 2.13. The fourth-order valence-corrected chi connectivity index (χ4v) is 2.92. The van der Waals surface area contributed by atoms with Crippen LogP contribution in [-0.2, 0) is 0 Å². The van der Waals surface area contributed by atoms with E-state index in [2.05, 4.69) is 27.3 Å². The Hall–Kier alpha value is -2.21. The molecule has 0 aliphatic heterocycles. The van der Waals surface area contributed by atoms with Crippen molar-refractivity contribution in [3.8, 4) is 5.82 Å². The molecule has 0 fully saturated rings. The van der Waals surface area contributed by atoms with Crippen molar-refractivity contribution >= 4 is 17.0 Å². The van der Waals surface area contributed by atoms with Crippen LogP contribution in [0.5, 0.6) is 0 Å². The summed E-state index contributed by atoms with van der Waals surface area (Å²) in [6.07, 6.45) is 5.40. The van der Waals surface area contributed by atoms with E-state index in [4.69, 9.17) is 0 Å². The molecule has 1 N–H and O–H groups in total. The minimum Gasteiger partial charge on any atom is -0.375 e. The lowest BCUT2D eigenvalue weighted by molar-refractivity contribution is 0.831. The van der Waals surface area contributed by atoms with Gasteiger partial charge < -0.3 is 5.32 Å². The van der Waals surface area contributed by atoms with E-state index in [1.807, 2.05) is 36.8 Å². The number of anilines is 1. The van der Waals surface area contributed by atoms with Crippen LogP contribution in [0.2, 0.25) is 0 Å². The highest BCUT2D eigenvalue weighted by molar-refractivity contribution is 7.09. The zero-order chi connectivity index (χ0) is 13.9. The molecule has 5 nitrogen and oxygen atoms in total. The second kappa shape index (κ2) is 5.42. The van der Waals surface area contributed by atoms with Crippen molar-refractivity contribution in [2.45, 2.75) is 19.9 Å². The minimum absolute atomic E-state index is 0.181. The van der Waals surface area contributed by atoms with E-state index in [9.17, 15) is 0 Å². The molecule has 0 aromatic carbocycles. The molecule has 0 radical (unpaired) electrons. The summed E-state index contributed by atoms with van der Waals surface area (Å²) in [5.41, 5.74) is 3.90. The minimum atomic E-state index is 0.181. The van der Waals surface area contributed by atoms with Gasteiger partial charge in [0.2, 0.25) is 0 Å². The number of pyridine rings is 1. The molecule has 20 heavy (non-hydrogen) atoms. The van der Waals surface area contributed by atoms with Gasteiger partial charge in [-0.25, -0.2) is 14.6 Å². The average molecular weight is 285 g/mol. The number of nitrogens with one attached hydrogen (secondary N) is 1. The number of rotatable bonds is 4. The first-order valence-corrected chi connectivity index (χ1v) is 7.25. The third-order valence-corrected chi connectivity index (χ3v) is 4.17. The lowest BCUT2D eigenvalue weighted by Crippen LogP contribution is -2.10. The van der Waals surface area contributed by atoms with Gasteiger partial charge >= 0.3 is 0 Å². The maximum atomic E-state index is 4.40. The van der Waals surface area contributed by atoms with Crippen LogP contribution in [-0.4, -0.2) is 19.7 Å². The predicted octanol–water partition coefficient (Wildman–Crippen LogP) is 3.21. The summed E-state index contributed by atoms with van der Waals surface area (Å²) in [6.45, 7) is 4.15. The molecule has 0 spiro atoms. The molecular weight excluding hydrogens is 270 g/mol. The molecule has 3 rings (SSSR count). The standard InChI is InChI=1S/C14H15N5S/c1-10-13(20-9-16-10)11(2)18-12-5-3-6-15-14(12)19-8-4-7-17-19/h3-9,11,18H,1-2H3. The van der Waals surface area contributed by atoms with Crippen molar-refractivity contribution in [1.29, 1.82) is 0 Å². The van der Waals surface area contributed by atoms with E-state index in [1.54, 1.807) is 28.4 Å². The Kier molecular flexibility index (Phi) is 3.47. The zero-order valence-electron chi connectivity index (χ0n) is 11.3. The first-order chi connectivity index (χ1) is 9.75. The third-order valence-electron chi connectivity index (χ3n) is 3.06. The molecule has 6 heteroatoms. The van der Waals surface area contributed by atoms with Crippen LogP contribution < -0.4 is 5.32 Å². The second-order valence-electron chi connectivity index (χ2n) is 4.49. The van der Waals surface area contributed by atoms with Crippen LogP contribution in [0.15, 0.2) is 42.3 Å². The third kappa shape index (κ3) is 2.42. The lowest BCUT2D eigenvalue weighted by Gasteiger charge is -2.16. The van der Waals surface area contributed by atoms with Gasteiger partial charge in [-0.1, -0.05) is 0 Å². The first-order valence-electron chi connectivity index (χ1n) is 6.37. The molecular formula is C14H15N5S. The first kappa shape index (κ1) is 12.8. The Labute approximate surface area is 121 Å². The Bertz CT molecular complexity index is 689. The van der Waals surface area contributed by atoms with Crippen LogP contribution >= 0.6 is 11.3 Å². The number of thiazole rings is 1. The van der Waals surface area contributed by atoms with Gasteiger partial charge in [0, 0.05) is 23.5 Å². The van der Waals surface area contributed by atoms with Gasteiger partial charge in [0.15, 0.2) is 5.82 Å². The van der Waals surface area contributed by atoms with Gasteiger partial charge in [0.1, 0.15) is 0 Å². The molecule has 0 aliphatic rings. The summed E-state index contributed by atoms with van der Waals surface area (Å²) in [4.78, 5) is 9.94. The fourth-order valence-electron chi connectivity index (χ4n) is 2.11. The second-order valence-corrected chi connectivity index (χ2v) is 5.38. The van der Waals surface area contributed by atoms with Crippen molar-refractivity contribution in [1.82, 2.24) is 19.7 Å². The summed E-state index contributed by atoms with van der Waals surface area (Å²) < 4.78 is 1.76. The lowest BCUT2D eigenvalue weighted by atomic mass is 10.2. The summed E-state index contributed by atoms with van der Waals surface area (Å²) in [6, 6.07) is 5.99. The Morgan fingerprint density at radius 2 is 2.15 bits per heavy atom. The van der Waals surface area contributed by atoms with E-state index in [0.717, 1.165) is 17.2 Å². The van der Waals surface area contributed by atoms with E-state index in [1.165, 1.54) is 4.88 Å². The number of hydrogen-bond acceptors (Lipinski definition) is 5. The number of hydrogen-bond donors (Lipinski definition) is 1. The molecule has 0 saturated carbocycles. The van der Waals surface area contributed by atoms with Gasteiger partial charge in [0.25, 0.3) is 0 Å². The zero-order valence-corrected chi connectivity index (χ0v) is 12.1. The Morgan fingerprint density at radius 3 is 2.85 bits per heavy atom. The quantitative estimate of drug-likeness (QED) is 0.799.